The highest BCUT2D eigenvalue weighted by Crippen LogP contribution is 2.20. The van der Waals surface area contributed by atoms with Crippen LogP contribution in [0.15, 0.2) is 47.9 Å². The van der Waals surface area contributed by atoms with Crippen molar-refractivity contribution in [3.8, 4) is 0 Å². The summed E-state index contributed by atoms with van der Waals surface area (Å²) in [6, 6.07) is 2.62. The molecule has 1 aromatic rings. The van der Waals surface area contributed by atoms with Gasteiger partial charge in [-0.15, -0.1) is 0 Å². The molecule has 31 heavy (non-hydrogen) atoms. The number of aromatic nitrogens is 1. The van der Waals surface area contributed by atoms with Gasteiger partial charge in [0.25, 0.3) is 0 Å². The lowest BCUT2D eigenvalue weighted by Gasteiger charge is -2.32. The first-order valence-electron chi connectivity index (χ1n) is 10.6. The first-order valence-corrected chi connectivity index (χ1v) is 10.6. The van der Waals surface area contributed by atoms with Crippen LogP contribution >= 0.6 is 0 Å². The third-order valence-electron chi connectivity index (χ3n) is 5.26. The summed E-state index contributed by atoms with van der Waals surface area (Å²) in [6.07, 6.45) is 10.7. The Labute approximate surface area is 181 Å². The second-order valence-corrected chi connectivity index (χ2v) is 7.70. The largest absolute Gasteiger partial charge is 0.481 e. The maximum Gasteiger partial charge on any atom is 0.305 e. The van der Waals surface area contributed by atoms with Gasteiger partial charge in [0, 0.05) is 24.6 Å². The number of hydrogen-bond acceptors (Lipinski definition) is 6. The number of aliphatic carboxylic acids is 1. The zero-order valence-electron chi connectivity index (χ0n) is 17.4. The number of dihydropyridines is 1. The Bertz CT molecular complexity index is 853. The van der Waals surface area contributed by atoms with Crippen molar-refractivity contribution in [1.29, 1.82) is 0 Å². The molecule has 0 aromatic carbocycles. The highest BCUT2D eigenvalue weighted by atomic mass is 16.4. The Kier molecular flexibility index (Phi) is 8.17. The molecule has 2 amide bonds. The van der Waals surface area contributed by atoms with Crippen molar-refractivity contribution in [3.63, 3.8) is 0 Å². The fourth-order valence-corrected chi connectivity index (χ4v) is 3.70. The maximum atomic E-state index is 12.2. The number of carbonyl (C=O) groups is 3. The molecule has 1 fully saturated rings. The lowest BCUT2D eigenvalue weighted by Crippen LogP contribution is -2.47. The van der Waals surface area contributed by atoms with Gasteiger partial charge in [-0.25, -0.2) is 0 Å². The van der Waals surface area contributed by atoms with E-state index in [0.717, 1.165) is 37.9 Å². The monoisotopic (exact) mass is 427 g/mol. The first-order chi connectivity index (χ1) is 15.0. The van der Waals surface area contributed by atoms with Crippen molar-refractivity contribution in [2.24, 2.45) is 0 Å². The number of carboxylic acid groups (broad SMARTS) is 1. The average molecular weight is 428 g/mol. The van der Waals surface area contributed by atoms with Gasteiger partial charge < -0.3 is 21.1 Å². The normalized spacial score (nSPS) is 18.5. The minimum Gasteiger partial charge on any atom is -0.481 e. The number of amides is 2. The van der Waals surface area contributed by atoms with Crippen molar-refractivity contribution >= 4 is 17.8 Å². The Morgan fingerprint density at radius 2 is 2.13 bits per heavy atom. The number of nitrogens with one attached hydrogen (secondary N) is 4. The van der Waals surface area contributed by atoms with E-state index in [-0.39, 0.29) is 24.9 Å². The SMILES string of the molecule is O=C(O)C[C@H](NC(=O)CC(=O)NCCCC1=CC=C2CCCNC2N1)c1cccnc1. The first kappa shape index (κ1) is 22.5. The summed E-state index contributed by atoms with van der Waals surface area (Å²) < 4.78 is 0. The maximum absolute atomic E-state index is 12.2. The molecule has 2 atom stereocenters. The summed E-state index contributed by atoms with van der Waals surface area (Å²) in [5.41, 5.74) is 3.08. The van der Waals surface area contributed by atoms with Crippen LogP contribution in [-0.2, 0) is 14.4 Å². The van der Waals surface area contributed by atoms with Gasteiger partial charge in [0.1, 0.15) is 6.42 Å². The van der Waals surface area contributed by atoms with Crippen molar-refractivity contribution in [3.05, 3.63) is 53.5 Å². The number of rotatable bonds is 10. The minimum absolute atomic E-state index is 0.214. The number of nitrogens with zero attached hydrogens (tertiary/aromatic N) is 1. The molecule has 3 heterocycles. The van der Waals surface area contributed by atoms with Gasteiger partial charge in [-0.1, -0.05) is 12.1 Å². The molecule has 0 aliphatic carbocycles. The lowest BCUT2D eigenvalue weighted by molar-refractivity contribution is -0.137. The van der Waals surface area contributed by atoms with Gasteiger partial charge in [0.2, 0.25) is 11.8 Å². The highest BCUT2D eigenvalue weighted by molar-refractivity contribution is 5.97. The third-order valence-corrected chi connectivity index (χ3v) is 5.26. The van der Waals surface area contributed by atoms with Gasteiger partial charge >= 0.3 is 5.97 Å². The number of fused-ring (bicyclic) bond motifs is 1. The standard InChI is InChI=1S/C22H29N5O4/c28-19(13-20(29)27-18(12-21(30)31)16-5-1-9-23-14-16)24-10-3-6-17-8-7-15-4-2-11-25-22(15)26-17/h1,5,7-9,14,18,22,25-26H,2-4,6,10-13H2,(H,24,28)(H,27,29)(H,30,31)/t18-,22?/m0/s1. The third kappa shape index (κ3) is 7.21. The molecule has 0 bridgehead atoms. The van der Waals surface area contributed by atoms with Crippen LogP contribution in [-0.4, -0.2) is 47.1 Å². The molecule has 2 aliphatic rings. The van der Waals surface area contributed by atoms with Crippen molar-refractivity contribution in [1.82, 2.24) is 26.3 Å². The van der Waals surface area contributed by atoms with E-state index in [1.807, 2.05) is 0 Å². The van der Waals surface area contributed by atoms with Gasteiger partial charge in [0.05, 0.1) is 18.6 Å². The molecular weight excluding hydrogens is 398 g/mol. The Hall–Kier alpha value is -3.20. The van der Waals surface area contributed by atoms with Crippen LogP contribution in [0, 0.1) is 0 Å². The molecule has 2 aliphatic heterocycles. The van der Waals surface area contributed by atoms with E-state index < -0.39 is 17.9 Å². The molecule has 1 saturated heterocycles. The molecule has 5 N–H and O–H groups in total. The molecule has 0 spiro atoms. The fraction of sp³-hybridized carbons (Fsp3) is 0.455. The molecule has 9 nitrogen and oxygen atoms in total. The van der Waals surface area contributed by atoms with Crippen molar-refractivity contribution < 1.29 is 19.5 Å². The predicted octanol–water partition coefficient (Wildman–Crippen LogP) is 1.12. The fourth-order valence-electron chi connectivity index (χ4n) is 3.70. The molecular formula is C22H29N5O4. The summed E-state index contributed by atoms with van der Waals surface area (Å²) >= 11 is 0. The molecule has 0 saturated carbocycles. The van der Waals surface area contributed by atoms with Crippen molar-refractivity contribution in [2.45, 2.75) is 50.7 Å². The van der Waals surface area contributed by atoms with E-state index >= 15 is 0 Å². The molecule has 166 valence electrons. The van der Waals surface area contributed by atoms with Crippen LogP contribution in [0.1, 0.15) is 50.1 Å². The van der Waals surface area contributed by atoms with Crippen LogP contribution < -0.4 is 21.3 Å². The molecule has 0 radical (unpaired) electrons. The molecule has 3 rings (SSSR count). The van der Waals surface area contributed by atoms with E-state index in [1.54, 1.807) is 18.3 Å². The van der Waals surface area contributed by atoms with Crippen LogP contribution in [0.3, 0.4) is 0 Å². The highest BCUT2D eigenvalue weighted by Gasteiger charge is 2.21. The van der Waals surface area contributed by atoms with E-state index in [9.17, 15) is 14.4 Å². The van der Waals surface area contributed by atoms with Gasteiger partial charge in [0.15, 0.2) is 0 Å². The molecule has 9 heteroatoms. The van der Waals surface area contributed by atoms with Gasteiger partial charge in [-0.05, 0) is 55.5 Å². The Morgan fingerprint density at radius 3 is 2.90 bits per heavy atom. The number of pyridine rings is 1. The number of allylic oxidation sites excluding steroid dienone is 3. The summed E-state index contributed by atoms with van der Waals surface area (Å²) in [5, 5.41) is 21.4. The van der Waals surface area contributed by atoms with Crippen molar-refractivity contribution in [2.75, 3.05) is 13.1 Å². The second-order valence-electron chi connectivity index (χ2n) is 7.70. The van der Waals surface area contributed by atoms with Crippen LogP contribution in [0.5, 0.6) is 0 Å². The number of carboxylic acids is 1. The Morgan fingerprint density at radius 1 is 1.26 bits per heavy atom. The molecule has 1 unspecified atom stereocenters. The van der Waals surface area contributed by atoms with E-state index in [2.05, 4.69) is 38.4 Å². The van der Waals surface area contributed by atoms with Crippen LogP contribution in [0.2, 0.25) is 0 Å². The topological polar surface area (TPSA) is 132 Å². The Balaban J connectivity index is 1.38. The summed E-state index contributed by atoms with van der Waals surface area (Å²) in [6.45, 7) is 1.47. The predicted molar refractivity (Wildman–Crippen MR) is 115 cm³/mol. The van der Waals surface area contributed by atoms with E-state index in [1.165, 1.54) is 11.8 Å². The average Bonchev–Trinajstić information content (AvgIpc) is 2.76. The van der Waals surface area contributed by atoms with Gasteiger partial charge in [-0.2, -0.15) is 0 Å². The van der Waals surface area contributed by atoms with Crippen LogP contribution in [0.4, 0.5) is 0 Å². The summed E-state index contributed by atoms with van der Waals surface area (Å²) in [7, 11) is 0. The molecule has 1 aromatic heterocycles. The number of piperidine rings is 1. The van der Waals surface area contributed by atoms with Gasteiger partial charge in [-0.3, -0.25) is 24.7 Å². The zero-order valence-corrected chi connectivity index (χ0v) is 17.4. The summed E-state index contributed by atoms with van der Waals surface area (Å²) in [4.78, 5) is 39.3. The number of hydrogen-bond donors (Lipinski definition) is 5. The quantitative estimate of drug-likeness (QED) is 0.279. The smallest absolute Gasteiger partial charge is 0.305 e. The summed E-state index contributed by atoms with van der Waals surface area (Å²) in [5.74, 6) is -1.96. The zero-order chi connectivity index (χ0) is 22.1. The minimum atomic E-state index is -1.05. The van der Waals surface area contributed by atoms with E-state index in [4.69, 9.17) is 5.11 Å². The van der Waals surface area contributed by atoms with Crippen LogP contribution in [0.25, 0.3) is 0 Å². The second kappa shape index (κ2) is 11.3. The van der Waals surface area contributed by atoms with E-state index in [0.29, 0.717) is 12.1 Å². The number of carbonyl (C=O) groups excluding carboxylic acids is 2. The lowest BCUT2D eigenvalue weighted by atomic mass is 9.99.